The average molecular weight is 277 g/mol. The second-order valence-electron chi connectivity index (χ2n) is 5.65. The van der Waals surface area contributed by atoms with Gasteiger partial charge < -0.3 is 14.7 Å². The normalized spacial score (nSPS) is 28.4. The highest BCUT2D eigenvalue weighted by Gasteiger charge is 2.41. The first-order valence-electron chi connectivity index (χ1n) is 7.03. The van der Waals surface area contributed by atoms with E-state index in [0.717, 1.165) is 31.5 Å². The van der Waals surface area contributed by atoms with Crippen LogP contribution in [0.5, 0.6) is 5.88 Å². The summed E-state index contributed by atoms with van der Waals surface area (Å²) in [6.07, 6.45) is 5.93. The molecule has 20 heavy (non-hydrogen) atoms. The fraction of sp³-hybridized carbons (Fsp3) is 0.643. The van der Waals surface area contributed by atoms with E-state index in [9.17, 15) is 4.79 Å². The number of carbonyl (C=O) groups is 1. The molecule has 0 aliphatic carbocycles. The molecule has 2 aliphatic rings. The molecule has 2 saturated heterocycles. The molecule has 2 unspecified atom stereocenters. The van der Waals surface area contributed by atoms with Crippen LogP contribution >= 0.6 is 0 Å². The SMILES string of the molecule is COc1cc(N2C3CCC2CC(CC(=O)O)C3)ncn1. The molecule has 2 bridgehead atoms. The highest BCUT2D eigenvalue weighted by Crippen LogP contribution is 2.42. The van der Waals surface area contributed by atoms with Crippen molar-refractivity contribution in [2.45, 2.75) is 44.2 Å². The Hall–Kier alpha value is -1.85. The number of hydrogen-bond acceptors (Lipinski definition) is 5. The molecule has 1 N–H and O–H groups in total. The number of hydrogen-bond donors (Lipinski definition) is 1. The Bertz CT molecular complexity index is 494. The number of piperidine rings is 1. The zero-order valence-electron chi connectivity index (χ0n) is 11.5. The Morgan fingerprint density at radius 3 is 2.70 bits per heavy atom. The molecular weight excluding hydrogens is 258 g/mol. The van der Waals surface area contributed by atoms with Crippen LogP contribution in [0.25, 0.3) is 0 Å². The Labute approximate surface area is 117 Å². The molecule has 0 amide bonds. The second kappa shape index (κ2) is 5.26. The van der Waals surface area contributed by atoms with E-state index in [1.54, 1.807) is 7.11 Å². The van der Waals surface area contributed by atoms with Crippen LogP contribution in [0.2, 0.25) is 0 Å². The topological polar surface area (TPSA) is 75.5 Å². The van der Waals surface area contributed by atoms with Crippen LogP contribution in [0.3, 0.4) is 0 Å². The molecule has 0 aromatic carbocycles. The summed E-state index contributed by atoms with van der Waals surface area (Å²) < 4.78 is 5.15. The van der Waals surface area contributed by atoms with Gasteiger partial charge in [0.1, 0.15) is 12.1 Å². The fourth-order valence-corrected chi connectivity index (χ4v) is 3.66. The van der Waals surface area contributed by atoms with Crippen molar-refractivity contribution in [1.82, 2.24) is 9.97 Å². The van der Waals surface area contributed by atoms with Crippen LogP contribution in [-0.4, -0.2) is 40.2 Å². The molecule has 3 heterocycles. The van der Waals surface area contributed by atoms with Crippen molar-refractivity contribution in [2.24, 2.45) is 5.92 Å². The third-order valence-corrected chi connectivity index (χ3v) is 4.40. The number of ether oxygens (including phenoxy) is 1. The number of carboxylic acids is 1. The average Bonchev–Trinajstić information content (AvgIpc) is 2.70. The van der Waals surface area contributed by atoms with E-state index < -0.39 is 5.97 Å². The van der Waals surface area contributed by atoms with Gasteiger partial charge in [-0.15, -0.1) is 0 Å². The van der Waals surface area contributed by atoms with Crippen LogP contribution in [0.1, 0.15) is 32.1 Å². The van der Waals surface area contributed by atoms with Crippen molar-refractivity contribution in [2.75, 3.05) is 12.0 Å². The summed E-state index contributed by atoms with van der Waals surface area (Å²) >= 11 is 0. The Kier molecular flexibility index (Phi) is 3.46. The van der Waals surface area contributed by atoms with E-state index in [1.807, 2.05) is 6.07 Å². The molecule has 2 atom stereocenters. The van der Waals surface area contributed by atoms with Gasteiger partial charge in [0, 0.05) is 24.6 Å². The van der Waals surface area contributed by atoms with Gasteiger partial charge in [0.25, 0.3) is 0 Å². The summed E-state index contributed by atoms with van der Waals surface area (Å²) in [4.78, 5) is 21.6. The lowest BCUT2D eigenvalue weighted by Crippen LogP contribution is -2.43. The van der Waals surface area contributed by atoms with Crippen molar-refractivity contribution >= 4 is 11.8 Å². The van der Waals surface area contributed by atoms with Gasteiger partial charge in [-0.1, -0.05) is 0 Å². The quantitative estimate of drug-likeness (QED) is 0.903. The largest absolute Gasteiger partial charge is 0.481 e. The molecule has 1 aromatic rings. The van der Waals surface area contributed by atoms with Crippen LogP contribution in [0, 0.1) is 5.92 Å². The number of carboxylic acid groups (broad SMARTS) is 1. The Morgan fingerprint density at radius 2 is 2.10 bits per heavy atom. The second-order valence-corrected chi connectivity index (χ2v) is 5.65. The molecule has 3 rings (SSSR count). The number of fused-ring (bicyclic) bond motifs is 2. The zero-order valence-corrected chi connectivity index (χ0v) is 11.5. The van der Waals surface area contributed by atoms with Gasteiger partial charge in [-0.3, -0.25) is 4.79 Å². The summed E-state index contributed by atoms with van der Waals surface area (Å²) in [6, 6.07) is 2.67. The van der Waals surface area contributed by atoms with Gasteiger partial charge >= 0.3 is 5.97 Å². The van der Waals surface area contributed by atoms with Gasteiger partial charge in [0.15, 0.2) is 0 Å². The van der Waals surface area contributed by atoms with E-state index in [2.05, 4.69) is 14.9 Å². The molecule has 6 nitrogen and oxygen atoms in total. The van der Waals surface area contributed by atoms with E-state index in [4.69, 9.17) is 9.84 Å². The highest BCUT2D eigenvalue weighted by molar-refractivity contribution is 5.67. The minimum atomic E-state index is -0.688. The molecule has 2 aliphatic heterocycles. The number of rotatable bonds is 4. The lowest BCUT2D eigenvalue weighted by molar-refractivity contribution is -0.138. The molecule has 0 radical (unpaired) electrons. The van der Waals surface area contributed by atoms with Crippen LogP contribution in [0.15, 0.2) is 12.4 Å². The van der Waals surface area contributed by atoms with E-state index in [1.165, 1.54) is 6.33 Å². The molecular formula is C14H19N3O3. The Balaban J connectivity index is 1.78. The maximum Gasteiger partial charge on any atom is 0.303 e. The number of nitrogens with zero attached hydrogens (tertiary/aromatic N) is 3. The first-order valence-corrected chi connectivity index (χ1v) is 7.03. The van der Waals surface area contributed by atoms with Gasteiger partial charge in [0.05, 0.1) is 7.11 Å². The monoisotopic (exact) mass is 277 g/mol. The third-order valence-electron chi connectivity index (χ3n) is 4.40. The van der Waals surface area contributed by atoms with Crippen molar-refractivity contribution in [3.63, 3.8) is 0 Å². The summed E-state index contributed by atoms with van der Waals surface area (Å²) in [5, 5.41) is 8.96. The Morgan fingerprint density at radius 1 is 1.40 bits per heavy atom. The molecule has 108 valence electrons. The standard InChI is InChI=1S/C14H19N3O3/c1-20-13-7-12(15-8-16-13)17-10-2-3-11(17)5-9(4-10)6-14(18)19/h7-11H,2-6H2,1H3,(H,18,19). The molecule has 6 heteroatoms. The first kappa shape index (κ1) is 13.1. The van der Waals surface area contributed by atoms with E-state index >= 15 is 0 Å². The van der Waals surface area contributed by atoms with E-state index in [-0.39, 0.29) is 6.42 Å². The van der Waals surface area contributed by atoms with E-state index in [0.29, 0.717) is 23.9 Å². The highest BCUT2D eigenvalue weighted by atomic mass is 16.5. The van der Waals surface area contributed by atoms with Crippen molar-refractivity contribution < 1.29 is 14.6 Å². The van der Waals surface area contributed by atoms with Gasteiger partial charge in [-0.05, 0) is 31.6 Å². The van der Waals surface area contributed by atoms with Crippen molar-refractivity contribution in [3.05, 3.63) is 12.4 Å². The lowest BCUT2D eigenvalue weighted by Gasteiger charge is -2.39. The van der Waals surface area contributed by atoms with Gasteiger partial charge in [-0.25, -0.2) is 9.97 Å². The summed E-state index contributed by atoms with van der Waals surface area (Å²) in [5.41, 5.74) is 0. The maximum atomic E-state index is 10.9. The summed E-state index contributed by atoms with van der Waals surface area (Å²) in [5.74, 6) is 1.08. The number of aromatic nitrogens is 2. The number of anilines is 1. The smallest absolute Gasteiger partial charge is 0.303 e. The molecule has 0 saturated carbocycles. The number of aliphatic carboxylic acids is 1. The van der Waals surface area contributed by atoms with Crippen LogP contribution < -0.4 is 9.64 Å². The van der Waals surface area contributed by atoms with Gasteiger partial charge in [0.2, 0.25) is 5.88 Å². The predicted octanol–water partition coefficient (Wildman–Crippen LogP) is 1.71. The molecule has 0 spiro atoms. The van der Waals surface area contributed by atoms with Gasteiger partial charge in [-0.2, -0.15) is 0 Å². The maximum absolute atomic E-state index is 10.9. The summed E-state index contributed by atoms with van der Waals surface area (Å²) in [6.45, 7) is 0. The molecule has 2 fully saturated rings. The minimum Gasteiger partial charge on any atom is -0.481 e. The zero-order chi connectivity index (χ0) is 14.1. The van der Waals surface area contributed by atoms with Crippen molar-refractivity contribution in [3.8, 4) is 5.88 Å². The minimum absolute atomic E-state index is 0.286. The predicted molar refractivity (Wildman–Crippen MR) is 72.8 cm³/mol. The summed E-state index contributed by atoms with van der Waals surface area (Å²) in [7, 11) is 1.60. The third kappa shape index (κ3) is 2.42. The first-order chi connectivity index (χ1) is 9.67. The lowest BCUT2D eigenvalue weighted by atomic mass is 9.88. The van der Waals surface area contributed by atoms with Crippen LogP contribution in [0.4, 0.5) is 5.82 Å². The fourth-order valence-electron chi connectivity index (χ4n) is 3.66. The number of methoxy groups -OCH3 is 1. The molecule has 1 aromatic heterocycles. The van der Waals surface area contributed by atoms with Crippen LogP contribution in [-0.2, 0) is 4.79 Å². The van der Waals surface area contributed by atoms with Crippen molar-refractivity contribution in [1.29, 1.82) is 0 Å².